The molecule has 0 fully saturated rings. The van der Waals surface area contributed by atoms with E-state index in [1.807, 2.05) is 31.2 Å². The van der Waals surface area contributed by atoms with Gasteiger partial charge in [-0.05, 0) is 79.4 Å². The first-order valence-corrected chi connectivity index (χ1v) is 10.1. The van der Waals surface area contributed by atoms with Gasteiger partial charge in [0, 0.05) is 11.3 Å². The third kappa shape index (κ3) is 4.22. The maximum Gasteiger partial charge on any atom is 0.255 e. The normalized spacial score (nSPS) is 11.0. The van der Waals surface area contributed by atoms with Crippen LogP contribution in [0.25, 0.3) is 16.7 Å². The highest BCUT2D eigenvalue weighted by molar-refractivity contribution is 6.05. The molecule has 4 rings (SSSR count). The van der Waals surface area contributed by atoms with Gasteiger partial charge in [0.2, 0.25) is 0 Å². The average Bonchev–Trinajstić information content (AvgIpc) is 3.16. The molecule has 0 aliphatic rings. The summed E-state index contributed by atoms with van der Waals surface area (Å²) in [7, 11) is 0. The zero-order valence-corrected chi connectivity index (χ0v) is 17.0. The zero-order chi connectivity index (χ0) is 21.1. The summed E-state index contributed by atoms with van der Waals surface area (Å²) in [6.07, 6.45) is 3.42. The van der Waals surface area contributed by atoms with E-state index in [1.165, 1.54) is 42.7 Å². The lowest BCUT2D eigenvalue weighted by molar-refractivity contribution is 0.102. The Balaban J connectivity index is 1.58. The summed E-state index contributed by atoms with van der Waals surface area (Å²) in [4.78, 5) is 14.1. The van der Waals surface area contributed by atoms with Gasteiger partial charge in [-0.15, -0.1) is 10.2 Å². The van der Waals surface area contributed by atoms with Crippen molar-refractivity contribution in [3.8, 4) is 5.69 Å². The van der Waals surface area contributed by atoms with Gasteiger partial charge in [-0.3, -0.25) is 4.79 Å². The number of aryl methyl sites for hydroxylation is 2. The van der Waals surface area contributed by atoms with Crippen molar-refractivity contribution in [3.05, 3.63) is 83.2 Å². The molecule has 0 aliphatic carbocycles. The van der Waals surface area contributed by atoms with E-state index in [4.69, 9.17) is 0 Å². The van der Waals surface area contributed by atoms with Gasteiger partial charge in [-0.2, -0.15) is 4.80 Å². The van der Waals surface area contributed by atoms with Crippen LogP contribution in [0.1, 0.15) is 41.3 Å². The van der Waals surface area contributed by atoms with E-state index in [9.17, 15) is 9.18 Å². The number of anilines is 1. The fourth-order valence-corrected chi connectivity index (χ4v) is 3.29. The highest BCUT2D eigenvalue weighted by Crippen LogP contribution is 2.23. The highest BCUT2D eigenvalue weighted by Gasteiger charge is 2.12. The number of rotatable bonds is 6. The first-order chi connectivity index (χ1) is 14.5. The summed E-state index contributed by atoms with van der Waals surface area (Å²) < 4.78 is 13.1. The number of aromatic nitrogens is 3. The lowest BCUT2D eigenvalue weighted by Crippen LogP contribution is -2.12. The van der Waals surface area contributed by atoms with Gasteiger partial charge in [0.25, 0.3) is 5.91 Å². The summed E-state index contributed by atoms with van der Waals surface area (Å²) in [6, 6.07) is 17.4. The number of halogens is 1. The summed E-state index contributed by atoms with van der Waals surface area (Å²) in [5.74, 6) is -0.674. The van der Waals surface area contributed by atoms with Crippen LogP contribution in [0.4, 0.5) is 10.1 Å². The standard InChI is InChI=1S/C24H23FN4O/c1-3-4-5-17-6-12-20(13-7-17)29-27-22-14-16(2)21(15-23(22)28-29)26-24(30)18-8-10-19(25)11-9-18/h6-15H,3-5H2,1-2H3,(H,26,30). The Morgan fingerprint density at radius 2 is 1.67 bits per heavy atom. The molecule has 4 aromatic rings. The van der Waals surface area contributed by atoms with Crippen molar-refractivity contribution in [3.63, 3.8) is 0 Å². The number of nitrogens with one attached hydrogen (secondary N) is 1. The van der Waals surface area contributed by atoms with E-state index in [0.29, 0.717) is 16.8 Å². The number of hydrogen-bond acceptors (Lipinski definition) is 3. The Labute approximate surface area is 174 Å². The molecule has 1 aromatic heterocycles. The van der Waals surface area contributed by atoms with Crippen LogP contribution in [0.2, 0.25) is 0 Å². The second kappa shape index (κ2) is 8.45. The minimum absolute atomic E-state index is 0.299. The molecular weight excluding hydrogens is 379 g/mol. The fourth-order valence-electron chi connectivity index (χ4n) is 3.29. The van der Waals surface area contributed by atoms with Crippen LogP contribution < -0.4 is 5.32 Å². The molecule has 1 N–H and O–H groups in total. The van der Waals surface area contributed by atoms with Crippen LogP contribution in [-0.4, -0.2) is 20.9 Å². The minimum Gasteiger partial charge on any atom is -0.322 e. The second-order valence-corrected chi connectivity index (χ2v) is 7.38. The van der Waals surface area contributed by atoms with E-state index in [-0.39, 0.29) is 11.7 Å². The van der Waals surface area contributed by atoms with E-state index in [2.05, 4.69) is 34.6 Å². The SMILES string of the molecule is CCCCc1ccc(-n2nc3cc(C)c(NC(=O)c4ccc(F)cc4)cc3n2)cc1. The van der Waals surface area contributed by atoms with Gasteiger partial charge in [0.1, 0.15) is 16.9 Å². The summed E-state index contributed by atoms with van der Waals surface area (Å²) in [5, 5.41) is 12.0. The molecule has 0 saturated carbocycles. The van der Waals surface area contributed by atoms with Gasteiger partial charge in [0.15, 0.2) is 0 Å². The van der Waals surface area contributed by atoms with Crippen LogP contribution in [0.5, 0.6) is 0 Å². The molecule has 0 atom stereocenters. The number of benzene rings is 3. The predicted octanol–water partition coefficient (Wildman–Crippen LogP) is 5.46. The Hall–Kier alpha value is -3.54. The Morgan fingerprint density at radius 1 is 1.00 bits per heavy atom. The molecule has 30 heavy (non-hydrogen) atoms. The maximum absolute atomic E-state index is 13.1. The molecule has 0 bridgehead atoms. The first-order valence-electron chi connectivity index (χ1n) is 10.1. The first kappa shape index (κ1) is 19.8. The van der Waals surface area contributed by atoms with Crippen molar-refractivity contribution in [2.45, 2.75) is 33.1 Å². The van der Waals surface area contributed by atoms with E-state index >= 15 is 0 Å². The Kier molecular flexibility index (Phi) is 5.57. The number of hydrogen-bond donors (Lipinski definition) is 1. The number of fused-ring (bicyclic) bond motifs is 1. The lowest BCUT2D eigenvalue weighted by Gasteiger charge is -2.08. The number of unbranched alkanes of at least 4 members (excludes halogenated alkanes) is 1. The fraction of sp³-hybridized carbons (Fsp3) is 0.208. The molecule has 6 heteroatoms. The predicted molar refractivity (Wildman–Crippen MR) is 117 cm³/mol. The van der Waals surface area contributed by atoms with Crippen molar-refractivity contribution < 1.29 is 9.18 Å². The molecule has 0 aliphatic heterocycles. The number of carbonyl (C=O) groups is 1. The van der Waals surface area contributed by atoms with Crippen molar-refractivity contribution in [1.29, 1.82) is 0 Å². The van der Waals surface area contributed by atoms with Gasteiger partial charge in [-0.1, -0.05) is 25.5 Å². The van der Waals surface area contributed by atoms with Crippen molar-refractivity contribution in [1.82, 2.24) is 15.0 Å². The number of amides is 1. The van der Waals surface area contributed by atoms with E-state index < -0.39 is 0 Å². The van der Waals surface area contributed by atoms with Crippen LogP contribution in [-0.2, 0) is 6.42 Å². The largest absolute Gasteiger partial charge is 0.322 e. The molecule has 1 heterocycles. The molecule has 0 unspecified atom stereocenters. The van der Waals surface area contributed by atoms with Crippen molar-refractivity contribution in [2.75, 3.05) is 5.32 Å². The Bertz CT molecular complexity index is 1180. The van der Waals surface area contributed by atoms with Gasteiger partial charge >= 0.3 is 0 Å². The second-order valence-electron chi connectivity index (χ2n) is 7.38. The zero-order valence-electron chi connectivity index (χ0n) is 17.0. The van der Waals surface area contributed by atoms with Crippen molar-refractivity contribution >= 4 is 22.6 Å². The third-order valence-corrected chi connectivity index (χ3v) is 5.07. The molecule has 0 saturated heterocycles. The summed E-state index contributed by atoms with van der Waals surface area (Å²) in [5.41, 5.74) is 5.55. The molecule has 0 radical (unpaired) electrons. The molecule has 0 spiro atoms. The third-order valence-electron chi connectivity index (χ3n) is 5.07. The van der Waals surface area contributed by atoms with Crippen molar-refractivity contribution in [2.24, 2.45) is 0 Å². The van der Waals surface area contributed by atoms with E-state index in [0.717, 1.165) is 23.2 Å². The maximum atomic E-state index is 13.1. The summed E-state index contributed by atoms with van der Waals surface area (Å²) in [6.45, 7) is 4.09. The number of nitrogens with zero attached hydrogens (tertiary/aromatic N) is 3. The molecular formula is C24H23FN4O. The lowest BCUT2D eigenvalue weighted by atomic mass is 10.1. The van der Waals surface area contributed by atoms with Gasteiger partial charge in [0.05, 0.1) is 5.69 Å². The van der Waals surface area contributed by atoms with Gasteiger partial charge in [-0.25, -0.2) is 4.39 Å². The van der Waals surface area contributed by atoms with Crippen LogP contribution in [0.15, 0.2) is 60.7 Å². The highest BCUT2D eigenvalue weighted by atomic mass is 19.1. The van der Waals surface area contributed by atoms with E-state index in [1.54, 1.807) is 4.80 Å². The van der Waals surface area contributed by atoms with Crippen LogP contribution in [0, 0.1) is 12.7 Å². The Morgan fingerprint density at radius 3 is 2.33 bits per heavy atom. The van der Waals surface area contributed by atoms with Crippen LogP contribution in [0.3, 0.4) is 0 Å². The van der Waals surface area contributed by atoms with Crippen LogP contribution >= 0.6 is 0 Å². The number of carbonyl (C=O) groups excluding carboxylic acids is 1. The quantitative estimate of drug-likeness (QED) is 0.466. The summed E-state index contributed by atoms with van der Waals surface area (Å²) >= 11 is 0. The molecule has 3 aromatic carbocycles. The monoisotopic (exact) mass is 402 g/mol. The topological polar surface area (TPSA) is 59.8 Å². The molecule has 152 valence electrons. The average molecular weight is 402 g/mol. The molecule has 1 amide bonds. The minimum atomic E-state index is -0.376. The molecule has 5 nitrogen and oxygen atoms in total. The van der Waals surface area contributed by atoms with Gasteiger partial charge < -0.3 is 5.32 Å². The smallest absolute Gasteiger partial charge is 0.255 e.